The molecule has 0 aromatic carbocycles. The van der Waals surface area contributed by atoms with Crippen molar-refractivity contribution in [3.63, 3.8) is 0 Å². The molecule has 0 spiro atoms. The topological polar surface area (TPSA) is 98.7 Å². The van der Waals surface area contributed by atoms with Gasteiger partial charge in [0.2, 0.25) is 5.91 Å². The van der Waals surface area contributed by atoms with E-state index in [9.17, 15) is 14.4 Å². The molecule has 0 bridgehead atoms. The van der Waals surface area contributed by atoms with Crippen LogP contribution in [0.5, 0.6) is 0 Å². The minimum absolute atomic E-state index is 0.219. The molecule has 2 heterocycles. The van der Waals surface area contributed by atoms with Gasteiger partial charge >= 0.3 is 5.97 Å². The van der Waals surface area contributed by atoms with Gasteiger partial charge < -0.3 is 20.6 Å². The van der Waals surface area contributed by atoms with Crippen molar-refractivity contribution in [2.24, 2.45) is 0 Å². The number of carboxylic acids is 1. The quantitative estimate of drug-likeness (QED) is 0.704. The lowest BCUT2D eigenvalue weighted by atomic mass is 10.3. The highest BCUT2D eigenvalue weighted by Crippen LogP contribution is 2.14. The van der Waals surface area contributed by atoms with Gasteiger partial charge in [-0.2, -0.15) is 0 Å². The monoisotopic (exact) mass is 309 g/mol. The van der Waals surface area contributed by atoms with E-state index < -0.39 is 18.1 Å². The smallest absolute Gasteiger partial charge is 0.326 e. The van der Waals surface area contributed by atoms with Gasteiger partial charge in [-0.3, -0.25) is 9.59 Å². The highest BCUT2D eigenvalue weighted by molar-refractivity contribution is 8.14. The summed E-state index contributed by atoms with van der Waals surface area (Å²) in [6, 6.07) is -1.33. The van der Waals surface area contributed by atoms with Crippen LogP contribution in [-0.4, -0.2) is 45.0 Å². The molecule has 2 aliphatic heterocycles. The summed E-state index contributed by atoms with van der Waals surface area (Å²) in [6.45, 7) is 1.54. The number of carboxylic acid groups (broad SMARTS) is 1. The third kappa shape index (κ3) is 3.88. The normalized spacial score (nSPS) is 22.3. The predicted molar refractivity (Wildman–Crippen MR) is 78.2 cm³/mol. The Balaban J connectivity index is 2.05. The molecule has 2 atom stereocenters. The Morgan fingerprint density at radius 1 is 1.52 bits per heavy atom. The summed E-state index contributed by atoms with van der Waals surface area (Å²) in [5.41, 5.74) is 0.462. The molecule has 21 heavy (non-hydrogen) atoms. The molecule has 112 valence electrons. The van der Waals surface area contributed by atoms with Crippen LogP contribution in [0.25, 0.3) is 0 Å². The van der Waals surface area contributed by atoms with Gasteiger partial charge in [0.25, 0.3) is 5.24 Å². The number of allylic oxidation sites excluding steroid dienone is 3. The van der Waals surface area contributed by atoms with Crippen molar-refractivity contribution in [3.8, 4) is 0 Å². The lowest BCUT2D eigenvalue weighted by Crippen LogP contribution is -2.42. The summed E-state index contributed by atoms with van der Waals surface area (Å²) in [5.74, 6) is -0.910. The number of aliphatic carboxylic acids is 1. The van der Waals surface area contributed by atoms with Crippen LogP contribution in [0.1, 0.15) is 6.92 Å². The third-order valence-electron chi connectivity index (χ3n) is 3.00. The standard InChI is InChI=1S/C13H15N3O4S/c1-8(12(18)19)16-5-3-2-4-9(6-16)14-11(17)10-7-21-13(20)15-10/h2-6,8,10H,7H2,1H3,(H,14,17)(H,15,20)(H,18,19). The number of hydrogen-bond acceptors (Lipinski definition) is 5. The van der Waals surface area contributed by atoms with Gasteiger partial charge in [0.05, 0.1) is 5.70 Å². The maximum absolute atomic E-state index is 12.0. The molecule has 2 aliphatic rings. The molecule has 0 aliphatic carbocycles. The Kier molecular flexibility index (Phi) is 4.69. The molecule has 0 saturated carbocycles. The summed E-state index contributed by atoms with van der Waals surface area (Å²) >= 11 is 1.06. The molecule has 0 aromatic rings. The average Bonchev–Trinajstić information content (AvgIpc) is 2.74. The van der Waals surface area contributed by atoms with Crippen LogP contribution in [0.4, 0.5) is 4.79 Å². The van der Waals surface area contributed by atoms with E-state index in [1.54, 1.807) is 37.6 Å². The van der Waals surface area contributed by atoms with Gasteiger partial charge in [-0.15, -0.1) is 0 Å². The first-order chi connectivity index (χ1) is 9.97. The van der Waals surface area contributed by atoms with Crippen LogP contribution in [0.15, 0.2) is 36.3 Å². The maximum Gasteiger partial charge on any atom is 0.326 e. The van der Waals surface area contributed by atoms with Gasteiger partial charge in [0, 0.05) is 18.2 Å². The zero-order valence-corrected chi connectivity index (χ0v) is 12.1. The van der Waals surface area contributed by atoms with Crippen molar-refractivity contribution in [3.05, 3.63) is 36.3 Å². The minimum Gasteiger partial charge on any atom is -0.480 e. The van der Waals surface area contributed by atoms with Crippen molar-refractivity contribution in [1.29, 1.82) is 0 Å². The Hall–Kier alpha value is -2.22. The maximum atomic E-state index is 12.0. The molecule has 2 rings (SSSR count). The van der Waals surface area contributed by atoms with Gasteiger partial charge in [0.15, 0.2) is 0 Å². The molecule has 8 heteroatoms. The fourth-order valence-electron chi connectivity index (χ4n) is 1.75. The predicted octanol–water partition coefficient (Wildman–Crippen LogP) is 0.628. The van der Waals surface area contributed by atoms with E-state index in [-0.39, 0.29) is 11.1 Å². The second-order valence-corrected chi connectivity index (χ2v) is 5.52. The second kappa shape index (κ2) is 6.49. The Morgan fingerprint density at radius 3 is 2.90 bits per heavy atom. The summed E-state index contributed by atoms with van der Waals surface area (Å²) < 4.78 is 0. The fraction of sp³-hybridized carbons (Fsp3) is 0.308. The van der Waals surface area contributed by atoms with Crippen LogP contribution in [0.2, 0.25) is 0 Å². The average molecular weight is 309 g/mol. The zero-order valence-electron chi connectivity index (χ0n) is 11.3. The van der Waals surface area contributed by atoms with Gasteiger partial charge in [-0.05, 0) is 19.1 Å². The van der Waals surface area contributed by atoms with Crippen LogP contribution < -0.4 is 10.6 Å². The third-order valence-corrected chi connectivity index (χ3v) is 3.88. The number of carbonyl (C=O) groups is 3. The lowest BCUT2D eigenvalue weighted by molar-refractivity contribution is -0.140. The number of carbonyl (C=O) groups excluding carboxylic acids is 2. The first kappa shape index (κ1) is 15.2. The van der Waals surface area contributed by atoms with E-state index in [0.29, 0.717) is 11.4 Å². The first-order valence-electron chi connectivity index (χ1n) is 6.28. The first-order valence-corrected chi connectivity index (χ1v) is 7.27. The molecule has 3 N–H and O–H groups in total. The van der Waals surface area contributed by atoms with Crippen LogP contribution >= 0.6 is 11.8 Å². The van der Waals surface area contributed by atoms with E-state index in [4.69, 9.17) is 5.11 Å². The molecule has 1 saturated heterocycles. The summed E-state index contributed by atoms with van der Waals surface area (Å²) in [6.07, 6.45) is 8.19. The molecule has 2 amide bonds. The van der Waals surface area contributed by atoms with Crippen molar-refractivity contribution < 1.29 is 19.5 Å². The molecule has 1 fully saturated rings. The fourth-order valence-corrected chi connectivity index (χ4v) is 2.53. The van der Waals surface area contributed by atoms with E-state index in [1.807, 2.05) is 0 Å². The summed E-state index contributed by atoms with van der Waals surface area (Å²) in [5, 5.41) is 14.0. The minimum atomic E-state index is -0.970. The summed E-state index contributed by atoms with van der Waals surface area (Å²) in [7, 11) is 0. The molecule has 0 aromatic heterocycles. The molecular formula is C13H15N3O4S. The Morgan fingerprint density at radius 2 is 2.29 bits per heavy atom. The largest absolute Gasteiger partial charge is 0.480 e. The Labute approximate surface area is 125 Å². The second-order valence-electron chi connectivity index (χ2n) is 4.53. The van der Waals surface area contributed by atoms with Crippen molar-refractivity contribution in [1.82, 2.24) is 15.5 Å². The van der Waals surface area contributed by atoms with Gasteiger partial charge in [-0.25, -0.2) is 4.79 Å². The number of rotatable bonds is 4. The molecule has 2 unspecified atom stereocenters. The van der Waals surface area contributed by atoms with Crippen LogP contribution in [0.3, 0.4) is 0 Å². The van der Waals surface area contributed by atoms with Gasteiger partial charge in [0.1, 0.15) is 12.1 Å². The number of hydrogen-bond donors (Lipinski definition) is 3. The molecule has 7 nitrogen and oxygen atoms in total. The van der Waals surface area contributed by atoms with Gasteiger partial charge in [-0.1, -0.05) is 17.8 Å². The van der Waals surface area contributed by atoms with Crippen LogP contribution in [0, 0.1) is 0 Å². The highest BCUT2D eigenvalue weighted by atomic mass is 32.2. The van der Waals surface area contributed by atoms with Crippen molar-refractivity contribution in [2.45, 2.75) is 19.0 Å². The lowest BCUT2D eigenvalue weighted by Gasteiger charge is -2.21. The Bertz CT molecular complexity index is 556. The van der Waals surface area contributed by atoms with Crippen LogP contribution in [-0.2, 0) is 9.59 Å². The van der Waals surface area contributed by atoms with E-state index >= 15 is 0 Å². The van der Waals surface area contributed by atoms with E-state index in [2.05, 4.69) is 10.6 Å². The van der Waals surface area contributed by atoms with E-state index in [0.717, 1.165) is 11.8 Å². The van der Waals surface area contributed by atoms with Crippen molar-refractivity contribution in [2.75, 3.05) is 5.75 Å². The highest BCUT2D eigenvalue weighted by Gasteiger charge is 2.28. The number of thioether (sulfide) groups is 1. The number of amides is 2. The molecule has 0 radical (unpaired) electrons. The summed E-state index contributed by atoms with van der Waals surface area (Å²) in [4.78, 5) is 35.6. The zero-order chi connectivity index (χ0) is 15.4. The number of nitrogens with zero attached hydrogens (tertiary/aromatic N) is 1. The van der Waals surface area contributed by atoms with Crippen molar-refractivity contribution >= 4 is 28.9 Å². The number of nitrogens with one attached hydrogen (secondary N) is 2. The molecular weight excluding hydrogens is 294 g/mol. The van der Waals surface area contributed by atoms with E-state index in [1.165, 1.54) is 4.90 Å². The SMILES string of the molecule is CC(C(=O)O)N1C=CC=CC(NC(=O)C2CSC(=O)N2)=C1.